The van der Waals surface area contributed by atoms with Crippen molar-refractivity contribution >= 4 is 11.7 Å². The lowest BCUT2D eigenvalue weighted by molar-refractivity contribution is -0.135. The van der Waals surface area contributed by atoms with Crippen LogP contribution in [-0.2, 0) is 20.7 Å². The highest BCUT2D eigenvalue weighted by Crippen LogP contribution is 2.47. The summed E-state index contributed by atoms with van der Waals surface area (Å²) in [6.45, 7) is 0.362. The fraction of sp³-hybridized carbons (Fsp3) is 0.429. The Labute approximate surface area is 210 Å². The van der Waals surface area contributed by atoms with Crippen molar-refractivity contribution < 1.29 is 33.6 Å². The van der Waals surface area contributed by atoms with Crippen molar-refractivity contribution in [3.63, 3.8) is 0 Å². The van der Waals surface area contributed by atoms with Crippen LogP contribution in [0.25, 0.3) is 0 Å². The molecule has 2 heterocycles. The van der Waals surface area contributed by atoms with Gasteiger partial charge in [0.05, 0.1) is 38.9 Å². The third-order valence-electron chi connectivity index (χ3n) is 7.47. The van der Waals surface area contributed by atoms with Gasteiger partial charge in [-0.3, -0.25) is 9.59 Å². The number of carbonyl (C=O) groups excluding carboxylic acids is 2. The Morgan fingerprint density at radius 1 is 0.944 bits per heavy atom. The average molecular weight is 494 g/mol. The molecule has 8 heteroatoms. The Morgan fingerprint density at radius 3 is 2.44 bits per heavy atom. The Balaban J connectivity index is 1.51. The first-order chi connectivity index (χ1) is 17.5. The van der Waals surface area contributed by atoms with Crippen molar-refractivity contribution in [2.75, 3.05) is 27.9 Å². The number of ether oxygens (including phenoxy) is 4. The molecule has 36 heavy (non-hydrogen) atoms. The van der Waals surface area contributed by atoms with Gasteiger partial charge < -0.3 is 29.0 Å². The normalized spacial score (nSPS) is 23.2. The van der Waals surface area contributed by atoms with Gasteiger partial charge in [0.1, 0.15) is 6.10 Å². The number of hydrogen-bond donors (Lipinski definition) is 1. The number of amides is 1. The summed E-state index contributed by atoms with van der Waals surface area (Å²) in [4.78, 5) is 29.1. The Hall–Kier alpha value is -3.68. The number of methoxy groups -OCH3 is 3. The van der Waals surface area contributed by atoms with Crippen LogP contribution in [0.2, 0.25) is 0 Å². The summed E-state index contributed by atoms with van der Waals surface area (Å²) in [7, 11) is 4.64. The van der Waals surface area contributed by atoms with Gasteiger partial charge in [-0.05, 0) is 61.1 Å². The van der Waals surface area contributed by atoms with Crippen molar-refractivity contribution in [2.24, 2.45) is 5.92 Å². The Kier molecular flexibility index (Phi) is 6.51. The Bertz CT molecular complexity index is 1220. The number of fused-ring (bicyclic) bond motifs is 1. The molecule has 3 unspecified atom stereocenters. The van der Waals surface area contributed by atoms with Crippen LogP contribution in [0.5, 0.6) is 23.0 Å². The monoisotopic (exact) mass is 493 g/mol. The minimum absolute atomic E-state index is 0.0000384. The molecule has 8 nitrogen and oxygen atoms in total. The van der Waals surface area contributed by atoms with Gasteiger partial charge in [0, 0.05) is 6.54 Å². The molecule has 1 saturated carbocycles. The summed E-state index contributed by atoms with van der Waals surface area (Å²) in [5.41, 5.74) is 2.08. The molecule has 0 spiro atoms. The molecule has 2 aromatic carbocycles. The van der Waals surface area contributed by atoms with Crippen molar-refractivity contribution in [1.82, 2.24) is 4.90 Å². The molecule has 2 aromatic rings. The van der Waals surface area contributed by atoms with E-state index in [9.17, 15) is 14.7 Å². The molecule has 1 fully saturated rings. The zero-order valence-electron chi connectivity index (χ0n) is 20.8. The molecule has 0 aromatic heterocycles. The molecule has 5 rings (SSSR count). The number of hydrogen-bond acceptors (Lipinski definition) is 7. The summed E-state index contributed by atoms with van der Waals surface area (Å²) < 4.78 is 22.3. The number of rotatable bonds is 7. The van der Waals surface area contributed by atoms with E-state index in [1.165, 1.54) is 13.2 Å². The third-order valence-corrected chi connectivity index (χ3v) is 7.47. The maximum absolute atomic E-state index is 13.7. The number of aromatic hydroxyl groups is 1. The van der Waals surface area contributed by atoms with E-state index in [0.29, 0.717) is 35.6 Å². The lowest BCUT2D eigenvalue weighted by Crippen LogP contribution is -2.39. The number of benzene rings is 2. The molecular weight excluding hydrogens is 462 g/mol. The second kappa shape index (κ2) is 9.76. The van der Waals surface area contributed by atoms with E-state index in [4.69, 9.17) is 18.9 Å². The number of Topliss-reactive ketones (excluding diaryl/α,β-unsaturated/α-hetero) is 1. The molecule has 1 N–H and O–H groups in total. The number of nitrogens with zero attached hydrogens (tertiary/aromatic N) is 1. The van der Waals surface area contributed by atoms with Gasteiger partial charge in [-0.15, -0.1) is 0 Å². The fourth-order valence-corrected chi connectivity index (χ4v) is 5.62. The standard InChI is InChI=1S/C28H31NO7/c1-33-21-11-8-16(14-23(21)35-3)12-13-29-25(17-9-10-19(30)22(15-17)34-2)24-26(31)18-6-4-5-7-20(18)36-27(24)28(29)32/h8-11,14-15,18,20,25,30H,4-7,12-13H2,1-3H3. The van der Waals surface area contributed by atoms with Gasteiger partial charge in [0.25, 0.3) is 5.91 Å². The lowest BCUT2D eigenvalue weighted by atomic mass is 9.77. The highest BCUT2D eigenvalue weighted by molar-refractivity contribution is 6.11. The van der Waals surface area contributed by atoms with Gasteiger partial charge in [-0.1, -0.05) is 18.6 Å². The quantitative estimate of drug-likeness (QED) is 0.624. The molecule has 3 aliphatic rings. The minimum atomic E-state index is -0.613. The molecular formula is C28H31NO7. The van der Waals surface area contributed by atoms with E-state index < -0.39 is 6.04 Å². The Morgan fingerprint density at radius 2 is 1.69 bits per heavy atom. The minimum Gasteiger partial charge on any atom is -0.504 e. The van der Waals surface area contributed by atoms with E-state index in [1.54, 1.807) is 31.3 Å². The third kappa shape index (κ3) is 4.04. The van der Waals surface area contributed by atoms with Gasteiger partial charge in [0.15, 0.2) is 34.5 Å². The molecule has 1 amide bonds. The molecule has 2 aliphatic heterocycles. The van der Waals surface area contributed by atoms with Crippen LogP contribution < -0.4 is 14.2 Å². The number of phenols is 1. The number of ketones is 1. The van der Waals surface area contributed by atoms with Crippen molar-refractivity contribution in [3.8, 4) is 23.0 Å². The van der Waals surface area contributed by atoms with Crippen LogP contribution in [0.3, 0.4) is 0 Å². The maximum atomic E-state index is 13.7. The average Bonchev–Trinajstić information content (AvgIpc) is 3.19. The zero-order valence-corrected chi connectivity index (χ0v) is 20.8. The number of carbonyl (C=O) groups is 2. The van der Waals surface area contributed by atoms with Gasteiger partial charge >= 0.3 is 0 Å². The topological polar surface area (TPSA) is 94.5 Å². The van der Waals surface area contributed by atoms with Crippen LogP contribution in [-0.4, -0.2) is 55.7 Å². The molecule has 0 radical (unpaired) electrons. The predicted molar refractivity (Wildman–Crippen MR) is 131 cm³/mol. The zero-order chi connectivity index (χ0) is 25.4. The maximum Gasteiger partial charge on any atom is 0.290 e. The summed E-state index contributed by atoms with van der Waals surface area (Å²) in [5.74, 6) is 1.20. The SMILES string of the molecule is COc1cc(C2C3=C(OC4CCCCC4C3=O)C(=O)N2CCc2ccc(OC)c(OC)c2)ccc1O. The second-order valence-corrected chi connectivity index (χ2v) is 9.43. The smallest absolute Gasteiger partial charge is 0.290 e. The van der Waals surface area contributed by atoms with Crippen LogP contribution in [0.15, 0.2) is 47.7 Å². The van der Waals surface area contributed by atoms with Gasteiger partial charge in [-0.25, -0.2) is 0 Å². The summed E-state index contributed by atoms with van der Waals surface area (Å²) in [5, 5.41) is 10.1. The molecule has 0 saturated heterocycles. The largest absolute Gasteiger partial charge is 0.504 e. The lowest BCUT2D eigenvalue weighted by Gasteiger charge is -2.35. The second-order valence-electron chi connectivity index (χ2n) is 9.43. The first-order valence-corrected chi connectivity index (χ1v) is 12.3. The van der Waals surface area contributed by atoms with Gasteiger partial charge in [0.2, 0.25) is 0 Å². The van der Waals surface area contributed by atoms with E-state index in [1.807, 2.05) is 18.2 Å². The molecule has 1 aliphatic carbocycles. The molecule has 0 bridgehead atoms. The predicted octanol–water partition coefficient (Wildman–Crippen LogP) is 3.96. The highest BCUT2D eigenvalue weighted by Gasteiger charge is 2.51. The summed E-state index contributed by atoms with van der Waals surface area (Å²) in [6.07, 6.45) is 3.82. The van der Waals surface area contributed by atoms with Crippen molar-refractivity contribution in [1.29, 1.82) is 0 Å². The molecule has 190 valence electrons. The van der Waals surface area contributed by atoms with E-state index >= 15 is 0 Å². The summed E-state index contributed by atoms with van der Waals surface area (Å²) >= 11 is 0. The van der Waals surface area contributed by atoms with E-state index in [0.717, 1.165) is 31.2 Å². The number of phenolic OH excluding ortho intramolecular Hbond substituents is 1. The summed E-state index contributed by atoms with van der Waals surface area (Å²) in [6, 6.07) is 10.00. The van der Waals surface area contributed by atoms with Crippen LogP contribution in [0.4, 0.5) is 0 Å². The molecule has 3 atom stereocenters. The highest BCUT2D eigenvalue weighted by atomic mass is 16.5. The van der Waals surface area contributed by atoms with Crippen molar-refractivity contribution in [3.05, 3.63) is 58.9 Å². The first kappa shape index (κ1) is 24.0. The van der Waals surface area contributed by atoms with Crippen molar-refractivity contribution in [2.45, 2.75) is 44.2 Å². The van der Waals surface area contributed by atoms with Crippen LogP contribution in [0.1, 0.15) is 42.9 Å². The van der Waals surface area contributed by atoms with Gasteiger partial charge in [-0.2, -0.15) is 0 Å². The van der Waals surface area contributed by atoms with E-state index in [2.05, 4.69) is 0 Å². The van der Waals surface area contributed by atoms with Crippen LogP contribution >= 0.6 is 0 Å². The van der Waals surface area contributed by atoms with Crippen LogP contribution in [0, 0.1) is 5.92 Å². The van der Waals surface area contributed by atoms with E-state index in [-0.39, 0.29) is 41.0 Å². The fourth-order valence-electron chi connectivity index (χ4n) is 5.62. The first-order valence-electron chi connectivity index (χ1n) is 12.3.